The minimum atomic E-state index is -0.306. The number of likely N-dealkylation sites (N-methyl/N-ethyl adjacent to an activating group) is 1. The molecular formula is C26H34FN5O2S. The molecule has 0 bridgehead atoms. The highest BCUT2D eigenvalue weighted by atomic mass is 32.1. The summed E-state index contributed by atoms with van der Waals surface area (Å²) in [5.41, 5.74) is 3.37. The van der Waals surface area contributed by atoms with Gasteiger partial charge in [0.1, 0.15) is 10.7 Å². The summed E-state index contributed by atoms with van der Waals surface area (Å²) in [4.78, 5) is 37.4. The number of rotatable bonds is 13. The molecule has 0 aliphatic carbocycles. The second-order valence-electron chi connectivity index (χ2n) is 8.09. The largest absolute Gasteiger partial charge is 0.349 e. The van der Waals surface area contributed by atoms with Crippen LogP contribution in [0.1, 0.15) is 48.1 Å². The Labute approximate surface area is 211 Å². The molecule has 0 saturated carbocycles. The third-order valence-electron chi connectivity index (χ3n) is 5.26. The van der Waals surface area contributed by atoms with Crippen molar-refractivity contribution >= 4 is 35.0 Å². The zero-order chi connectivity index (χ0) is 25.8. The van der Waals surface area contributed by atoms with Crippen LogP contribution in [0.15, 0.2) is 52.7 Å². The number of nitrogens with one attached hydrogen (secondary N) is 1. The molecule has 2 rings (SSSR count). The molecule has 9 heteroatoms. The predicted molar refractivity (Wildman–Crippen MR) is 142 cm³/mol. The van der Waals surface area contributed by atoms with Crippen LogP contribution in [0.25, 0.3) is 0 Å². The second-order valence-corrected chi connectivity index (χ2v) is 9.07. The number of aromatic nitrogens is 1. The number of amides is 2. The van der Waals surface area contributed by atoms with Gasteiger partial charge in [-0.25, -0.2) is 9.37 Å². The maximum Gasteiger partial charge on any atom is 0.263 e. The van der Waals surface area contributed by atoms with E-state index in [0.29, 0.717) is 41.9 Å². The Kier molecular flexibility index (Phi) is 11.3. The Morgan fingerprint density at radius 3 is 2.60 bits per heavy atom. The maximum atomic E-state index is 13.1. The van der Waals surface area contributed by atoms with Crippen LogP contribution >= 0.6 is 11.3 Å². The van der Waals surface area contributed by atoms with Gasteiger partial charge >= 0.3 is 0 Å². The van der Waals surface area contributed by atoms with Gasteiger partial charge in [0.15, 0.2) is 5.13 Å². The minimum Gasteiger partial charge on any atom is -0.349 e. The Bertz CT molecular complexity index is 1080. The number of halogens is 1. The van der Waals surface area contributed by atoms with E-state index in [0.717, 1.165) is 29.7 Å². The first-order chi connectivity index (χ1) is 16.8. The first-order valence-electron chi connectivity index (χ1n) is 11.5. The van der Waals surface area contributed by atoms with Gasteiger partial charge in [0.05, 0.1) is 5.69 Å². The number of benzene rings is 1. The lowest BCUT2D eigenvalue weighted by Crippen LogP contribution is -2.32. The van der Waals surface area contributed by atoms with E-state index in [-0.39, 0.29) is 11.7 Å². The van der Waals surface area contributed by atoms with Crippen LogP contribution in [0.2, 0.25) is 0 Å². The lowest BCUT2D eigenvalue weighted by Gasteiger charge is -2.22. The van der Waals surface area contributed by atoms with Crippen molar-refractivity contribution in [3.8, 4) is 0 Å². The lowest BCUT2D eigenvalue weighted by atomic mass is 10.2. The fourth-order valence-corrected chi connectivity index (χ4v) is 4.05. The number of hydrogen-bond acceptors (Lipinski definition) is 6. The summed E-state index contributed by atoms with van der Waals surface area (Å²) in [6, 6.07) is 6.09. The maximum absolute atomic E-state index is 13.1. The van der Waals surface area contributed by atoms with Crippen molar-refractivity contribution in [3.05, 3.63) is 69.6 Å². The summed E-state index contributed by atoms with van der Waals surface area (Å²) in [6.45, 7) is 9.49. The highest BCUT2D eigenvalue weighted by molar-refractivity contribution is 7.17. The van der Waals surface area contributed by atoms with Gasteiger partial charge in [0.2, 0.25) is 6.41 Å². The molecule has 2 aromatic rings. The van der Waals surface area contributed by atoms with Crippen LogP contribution in [-0.2, 0) is 11.3 Å². The van der Waals surface area contributed by atoms with Crippen molar-refractivity contribution in [3.63, 3.8) is 0 Å². The predicted octanol–water partition coefficient (Wildman–Crippen LogP) is 4.75. The van der Waals surface area contributed by atoms with Crippen molar-refractivity contribution in [1.82, 2.24) is 15.2 Å². The molecule has 0 radical (unpaired) electrons. The molecule has 0 fully saturated rings. The number of allylic oxidation sites excluding steroid dienone is 3. The Balaban J connectivity index is 1.96. The minimum absolute atomic E-state index is 0.177. The molecule has 0 unspecified atom stereocenters. The number of aliphatic imine (C=N–C) groups is 1. The average Bonchev–Trinajstić information content (AvgIpc) is 3.25. The normalized spacial score (nSPS) is 12.2. The summed E-state index contributed by atoms with van der Waals surface area (Å²) < 4.78 is 13.1. The quantitative estimate of drug-likeness (QED) is 0.319. The van der Waals surface area contributed by atoms with Gasteiger partial charge in [-0.3, -0.25) is 14.6 Å². The van der Waals surface area contributed by atoms with E-state index in [1.807, 2.05) is 51.8 Å². The van der Waals surface area contributed by atoms with E-state index in [9.17, 15) is 14.0 Å². The molecule has 0 saturated heterocycles. The molecular weight excluding hydrogens is 465 g/mol. The molecule has 0 atom stereocenters. The molecule has 1 heterocycles. The monoisotopic (exact) mass is 499 g/mol. The lowest BCUT2D eigenvalue weighted by molar-refractivity contribution is -0.118. The standard InChI is InChI=1S/C26H34FN5O2S/c1-6-8-22(15-28-19(3)7-2)16-29-25(34)24-20(4)30-26(35-24)31(5)13-14-32(18-33)17-21-9-11-23(27)12-10-21/h7-12,15,18H,6,13-14,16-17H2,1-5H3,(H,29,34)/b19-7-,22-8-,28-15+. The molecule has 188 valence electrons. The molecule has 0 aliphatic rings. The summed E-state index contributed by atoms with van der Waals surface area (Å²) in [7, 11) is 1.88. The first-order valence-corrected chi connectivity index (χ1v) is 12.4. The van der Waals surface area contributed by atoms with Crippen LogP contribution in [-0.4, -0.2) is 55.1 Å². The fraction of sp³-hybridized carbons (Fsp3) is 0.385. The SMILES string of the molecule is C\C=C(C)/N=C/C(=C/CC)CNC(=O)c1sc(N(C)CCN(C=O)Cc2ccc(F)cc2)nc1C. The Morgan fingerprint density at radius 2 is 1.97 bits per heavy atom. The number of hydrogen-bond donors (Lipinski definition) is 1. The summed E-state index contributed by atoms with van der Waals surface area (Å²) >= 11 is 1.32. The molecule has 7 nitrogen and oxygen atoms in total. The van der Waals surface area contributed by atoms with Crippen molar-refractivity contribution in [2.75, 3.05) is 31.6 Å². The molecule has 2 amide bonds. The zero-order valence-corrected chi connectivity index (χ0v) is 21.9. The smallest absolute Gasteiger partial charge is 0.263 e. The second kappa shape index (κ2) is 14.2. The van der Waals surface area contributed by atoms with Gasteiger partial charge in [-0.1, -0.05) is 42.5 Å². The van der Waals surface area contributed by atoms with Crippen molar-refractivity contribution in [1.29, 1.82) is 0 Å². The number of aryl methyl sites for hydroxylation is 1. The van der Waals surface area contributed by atoms with Gasteiger partial charge in [-0.05, 0) is 50.5 Å². The molecule has 1 aromatic carbocycles. The van der Waals surface area contributed by atoms with E-state index in [1.165, 1.54) is 23.5 Å². The number of carbonyl (C=O) groups is 2. The van der Waals surface area contributed by atoms with Gasteiger partial charge in [0.25, 0.3) is 5.91 Å². The van der Waals surface area contributed by atoms with E-state index in [1.54, 1.807) is 23.2 Å². The van der Waals surface area contributed by atoms with Gasteiger partial charge < -0.3 is 15.1 Å². The van der Waals surface area contributed by atoms with E-state index in [2.05, 4.69) is 15.3 Å². The number of anilines is 1. The zero-order valence-electron chi connectivity index (χ0n) is 21.0. The number of nitrogens with zero attached hydrogens (tertiary/aromatic N) is 4. The van der Waals surface area contributed by atoms with Gasteiger partial charge in [0, 0.05) is 45.1 Å². The molecule has 0 aliphatic heterocycles. The Hall–Kier alpha value is -3.33. The van der Waals surface area contributed by atoms with Crippen molar-refractivity contribution in [2.45, 2.75) is 40.7 Å². The number of thiazole rings is 1. The first kappa shape index (κ1) is 27.9. The fourth-order valence-electron chi connectivity index (χ4n) is 3.08. The third kappa shape index (κ3) is 9.09. The topological polar surface area (TPSA) is 77.9 Å². The number of carbonyl (C=O) groups excluding carboxylic acids is 2. The van der Waals surface area contributed by atoms with Crippen LogP contribution in [0, 0.1) is 12.7 Å². The third-order valence-corrected chi connectivity index (χ3v) is 6.53. The van der Waals surface area contributed by atoms with Crippen LogP contribution < -0.4 is 10.2 Å². The van der Waals surface area contributed by atoms with Gasteiger partial charge in [-0.15, -0.1) is 0 Å². The van der Waals surface area contributed by atoms with Gasteiger partial charge in [-0.2, -0.15) is 0 Å². The summed E-state index contributed by atoms with van der Waals surface area (Å²) in [5, 5.41) is 3.67. The highest BCUT2D eigenvalue weighted by Crippen LogP contribution is 2.25. The van der Waals surface area contributed by atoms with Crippen molar-refractivity contribution < 1.29 is 14.0 Å². The highest BCUT2D eigenvalue weighted by Gasteiger charge is 2.18. The van der Waals surface area contributed by atoms with E-state index >= 15 is 0 Å². The van der Waals surface area contributed by atoms with E-state index in [4.69, 9.17) is 0 Å². The summed E-state index contributed by atoms with van der Waals surface area (Å²) in [6.07, 6.45) is 7.37. The Morgan fingerprint density at radius 1 is 1.26 bits per heavy atom. The van der Waals surface area contributed by atoms with Crippen molar-refractivity contribution in [2.24, 2.45) is 4.99 Å². The molecule has 1 aromatic heterocycles. The molecule has 1 N–H and O–H groups in total. The van der Waals surface area contributed by atoms with Crippen LogP contribution in [0.4, 0.5) is 9.52 Å². The molecule has 0 spiro atoms. The van der Waals surface area contributed by atoms with E-state index < -0.39 is 0 Å². The average molecular weight is 500 g/mol. The molecule has 35 heavy (non-hydrogen) atoms. The summed E-state index contributed by atoms with van der Waals surface area (Å²) in [5.74, 6) is -0.483. The van der Waals surface area contributed by atoms with Crippen LogP contribution in [0.5, 0.6) is 0 Å². The van der Waals surface area contributed by atoms with Crippen LogP contribution in [0.3, 0.4) is 0 Å².